The van der Waals surface area contributed by atoms with Crippen LogP contribution in [0.2, 0.25) is 0 Å². The van der Waals surface area contributed by atoms with Crippen LogP contribution < -0.4 is 0 Å². The minimum Gasteiger partial charge on any atom is -0.478 e. The molecular formula is C108H104O19. The van der Waals surface area contributed by atoms with Gasteiger partial charge in [-0.25, -0.2) is 14.4 Å². The van der Waals surface area contributed by atoms with Crippen LogP contribution in [0, 0.1) is 0 Å². The van der Waals surface area contributed by atoms with Gasteiger partial charge in [0.2, 0.25) is 0 Å². The van der Waals surface area contributed by atoms with Crippen LogP contribution in [0.1, 0.15) is 245 Å². The monoisotopic (exact) mass is 1700 g/mol. The first kappa shape index (κ1) is 92.3. The Morgan fingerprint density at radius 1 is 0.299 bits per heavy atom. The summed E-state index contributed by atoms with van der Waals surface area (Å²) in [5.41, 5.74) is 26.2. The van der Waals surface area contributed by atoms with E-state index < -0.39 is 24.3 Å². The van der Waals surface area contributed by atoms with Crippen LogP contribution in [0.15, 0.2) is 261 Å². The highest BCUT2D eigenvalue weighted by atomic mass is 16.6. The molecule has 4 N–H and O–H groups in total. The first-order valence-electron chi connectivity index (χ1n) is 42.9. The van der Waals surface area contributed by atoms with Crippen LogP contribution in [0.3, 0.4) is 0 Å². The number of carbonyl (C=O) groups is 9. The zero-order chi connectivity index (χ0) is 90.0. The summed E-state index contributed by atoms with van der Waals surface area (Å²) in [5, 5.41) is 39.8. The lowest BCUT2D eigenvalue weighted by atomic mass is 9.94. The lowest BCUT2D eigenvalue weighted by molar-refractivity contribution is -0.145. The van der Waals surface area contributed by atoms with E-state index in [4.69, 9.17) is 28.4 Å². The molecule has 12 aromatic carbocycles. The van der Waals surface area contributed by atoms with Gasteiger partial charge < -0.3 is 48.8 Å². The van der Waals surface area contributed by atoms with E-state index in [1.54, 1.807) is 62.4 Å². The van der Waals surface area contributed by atoms with Crippen molar-refractivity contribution in [3.63, 3.8) is 0 Å². The lowest BCUT2D eigenvalue weighted by Crippen LogP contribution is -2.13. The molecule has 127 heavy (non-hydrogen) atoms. The maximum atomic E-state index is 12.7. The molecule has 0 saturated carbocycles. The molecular weight excluding hydrogens is 1600 g/mol. The third-order valence-electron chi connectivity index (χ3n) is 23.2. The van der Waals surface area contributed by atoms with E-state index in [2.05, 4.69) is 18.2 Å². The highest BCUT2D eigenvalue weighted by Crippen LogP contribution is 2.40. The van der Waals surface area contributed by atoms with E-state index >= 15 is 0 Å². The molecule has 0 amide bonds. The summed E-state index contributed by atoms with van der Waals surface area (Å²) in [6.45, 7) is 10.6. The number of aromatic carboxylic acids is 1. The van der Waals surface area contributed by atoms with Crippen LogP contribution in [-0.4, -0.2) is 87.0 Å². The predicted octanol–water partition coefficient (Wildman–Crippen LogP) is 18.4. The number of aliphatic hydroxyl groups excluding tert-OH is 3. The number of esters is 6. The number of hydrogen-bond donors (Lipinski definition) is 4. The van der Waals surface area contributed by atoms with Crippen molar-refractivity contribution in [1.29, 1.82) is 0 Å². The van der Waals surface area contributed by atoms with Crippen LogP contribution in [0.4, 0.5) is 0 Å². The fourth-order valence-corrected chi connectivity index (χ4v) is 17.1. The van der Waals surface area contributed by atoms with Crippen LogP contribution >= 0.6 is 0 Å². The number of carbonyl (C=O) groups excluding carboxylic acids is 8. The maximum Gasteiger partial charge on any atom is 0.338 e. The molecule has 0 bridgehead atoms. The second-order valence-electron chi connectivity index (χ2n) is 31.2. The second-order valence-corrected chi connectivity index (χ2v) is 31.2. The average Bonchev–Trinajstić information content (AvgIpc) is 1.77. The Morgan fingerprint density at radius 2 is 0.614 bits per heavy atom. The minimum atomic E-state index is -0.936. The number of ether oxygens (including phenoxy) is 6. The Labute approximate surface area is 740 Å². The highest BCUT2D eigenvalue weighted by Gasteiger charge is 2.31. The van der Waals surface area contributed by atoms with Gasteiger partial charge in [-0.1, -0.05) is 243 Å². The molecule has 0 aliphatic heterocycles. The molecule has 17 rings (SSSR count). The summed E-state index contributed by atoms with van der Waals surface area (Å²) >= 11 is 0. The van der Waals surface area contributed by atoms with Gasteiger partial charge in [0, 0.05) is 61.1 Å². The number of aryl methyl sites for hydroxylation is 7. The number of carboxylic acid groups (broad SMARTS) is 1. The third kappa shape index (κ3) is 23.2. The van der Waals surface area contributed by atoms with E-state index in [0.29, 0.717) is 54.7 Å². The molecule has 650 valence electrons. The molecule has 0 radical (unpaired) electrons. The molecule has 3 atom stereocenters. The van der Waals surface area contributed by atoms with Crippen molar-refractivity contribution in [2.45, 2.75) is 163 Å². The number of aliphatic hydroxyl groups is 3. The normalized spacial score (nSPS) is 14.3. The summed E-state index contributed by atoms with van der Waals surface area (Å²) < 4.78 is 31.2. The molecule has 12 aromatic rings. The predicted molar refractivity (Wildman–Crippen MR) is 482 cm³/mol. The number of carboxylic acids is 1. The van der Waals surface area contributed by atoms with E-state index in [9.17, 15) is 63.6 Å². The fourth-order valence-electron chi connectivity index (χ4n) is 17.1. The van der Waals surface area contributed by atoms with Crippen LogP contribution in [-0.2, 0) is 151 Å². The molecule has 0 aromatic heterocycles. The Hall–Kier alpha value is -13.9. The van der Waals surface area contributed by atoms with E-state index in [1.165, 1.54) is 44.4 Å². The van der Waals surface area contributed by atoms with Gasteiger partial charge in [0.25, 0.3) is 0 Å². The van der Waals surface area contributed by atoms with Crippen molar-refractivity contribution in [1.82, 2.24) is 0 Å². The maximum absolute atomic E-state index is 12.7. The van der Waals surface area contributed by atoms with Gasteiger partial charge in [0.05, 0.1) is 36.5 Å². The molecule has 19 nitrogen and oxygen atoms in total. The Balaban J connectivity index is 0.000000139. The number of ketones is 2. The van der Waals surface area contributed by atoms with Crippen molar-refractivity contribution >= 4 is 53.4 Å². The zero-order valence-electron chi connectivity index (χ0n) is 72.2. The quantitative estimate of drug-likeness (QED) is 0.0516. The second kappa shape index (κ2) is 44.7. The fraction of sp³-hybridized carbons (Fsp3) is 0.250. The van der Waals surface area contributed by atoms with Crippen molar-refractivity contribution in [3.05, 3.63) is 422 Å². The highest BCUT2D eigenvalue weighted by molar-refractivity contribution is 6.13. The molecule has 5 aliphatic rings. The minimum absolute atomic E-state index is 0.00996. The van der Waals surface area contributed by atoms with Crippen molar-refractivity contribution < 1.29 is 92.0 Å². The Kier molecular flexibility index (Phi) is 32.5. The van der Waals surface area contributed by atoms with Gasteiger partial charge in [-0.3, -0.25) is 28.8 Å². The molecule has 0 saturated heterocycles. The van der Waals surface area contributed by atoms with Gasteiger partial charge in [0.1, 0.15) is 32.0 Å². The van der Waals surface area contributed by atoms with Crippen LogP contribution in [0.5, 0.6) is 0 Å². The summed E-state index contributed by atoms with van der Waals surface area (Å²) in [5.74, 6) is -2.80. The van der Waals surface area contributed by atoms with E-state index in [-0.39, 0.29) is 73.8 Å². The summed E-state index contributed by atoms with van der Waals surface area (Å²) in [7, 11) is 0. The first-order valence-corrected chi connectivity index (χ1v) is 42.9. The number of benzene rings is 12. The standard InChI is InChI=1S/C20H20O4.C18H18O4.C18H18O3.2C18H16O3.C16H16O2/c1-13(21)23-12-16-7-5-9-19-17(16)11-10-15-6-3-4-8-18(15)20(19)24-14(2)22;1-2-22-18(21)16-10-6-4-8-14(16)12-11-13-7-3-5-9-15(13)17(19)20;2*1-12(19)21-11-14-6-4-8-17-15(14)10-9-13-5-2-3-7-16(13)18(17)20;1-2-21-18(20)16-9-5-8-15-14(16)11-10-12-6-3-4-7-13(12)17(15)19;17-10-12-5-3-7-15-13(12)9-8-11-4-1-2-6-14(11)16(15)18/h3-9,20H,10-12H2,1-2H3;3-10H,2,11-12H2,1H3,(H,19,20);2-8,18,20H,9-11H2,1H3;2-8H,9-11H2,1H3;3-9H,2,10-11H2,1H3;1-7,16-18H,8-10H2. The molecule has 19 heteroatoms. The molecule has 5 aliphatic carbocycles. The van der Waals surface area contributed by atoms with Crippen LogP contribution in [0.25, 0.3) is 0 Å². The average molecular weight is 1710 g/mol. The smallest absolute Gasteiger partial charge is 0.338 e. The summed E-state index contributed by atoms with van der Waals surface area (Å²) in [6, 6.07) is 82.0. The molecule has 0 heterocycles. The van der Waals surface area contributed by atoms with Gasteiger partial charge >= 0.3 is 41.8 Å². The third-order valence-corrected chi connectivity index (χ3v) is 23.2. The van der Waals surface area contributed by atoms with Gasteiger partial charge in [-0.15, -0.1) is 0 Å². The number of rotatable bonds is 16. The number of hydrogen-bond acceptors (Lipinski definition) is 18. The molecule has 0 fully saturated rings. The van der Waals surface area contributed by atoms with E-state index in [1.807, 2.05) is 194 Å². The summed E-state index contributed by atoms with van der Waals surface area (Å²) in [6.07, 6.45) is 7.77. The topological polar surface area (TPSA) is 290 Å². The zero-order valence-corrected chi connectivity index (χ0v) is 72.2. The first-order chi connectivity index (χ1) is 61.5. The number of fused-ring (bicyclic) bond motifs is 10. The molecule has 3 unspecified atom stereocenters. The van der Waals surface area contributed by atoms with Crippen molar-refractivity contribution in [3.8, 4) is 0 Å². The Morgan fingerprint density at radius 3 is 1.09 bits per heavy atom. The van der Waals surface area contributed by atoms with Gasteiger partial charge in [-0.05, 0) is 220 Å². The van der Waals surface area contributed by atoms with Crippen molar-refractivity contribution in [2.75, 3.05) is 13.2 Å². The van der Waals surface area contributed by atoms with Crippen molar-refractivity contribution in [2.24, 2.45) is 0 Å². The summed E-state index contributed by atoms with van der Waals surface area (Å²) in [4.78, 5) is 105. The lowest BCUT2D eigenvalue weighted by Gasteiger charge is -2.21. The Bertz CT molecular complexity index is 6010. The van der Waals surface area contributed by atoms with E-state index in [0.717, 1.165) is 180 Å². The van der Waals surface area contributed by atoms with Gasteiger partial charge in [-0.2, -0.15) is 0 Å². The van der Waals surface area contributed by atoms with Gasteiger partial charge in [0.15, 0.2) is 17.7 Å². The molecule has 0 spiro atoms. The SMILES string of the molecule is CC(=O)OCc1cccc2c1CCc1ccccc1C2=O.CC(=O)OCc1cccc2c1CCc1ccccc1C2O.CC(=O)OCc1cccc2c1CCc1ccccc1C2OC(C)=O.CCOC(=O)c1cccc2c1CCc1ccccc1C2=O.CCOC(=O)c1ccccc1CCc1ccccc1C(=O)O.OCc1cccc2c1CCc1ccccc1C2O. The largest absolute Gasteiger partial charge is 0.478 e.